The summed E-state index contributed by atoms with van der Waals surface area (Å²) in [6.07, 6.45) is 1.49. The zero-order valence-corrected chi connectivity index (χ0v) is 18.1. The average Bonchev–Trinajstić information content (AvgIpc) is 2.76. The number of halogens is 2. The van der Waals surface area contributed by atoms with Crippen LogP contribution in [0.5, 0.6) is 11.5 Å². The molecule has 1 heterocycles. The molecule has 0 radical (unpaired) electrons. The maximum Gasteiger partial charge on any atom is 0.323 e. The van der Waals surface area contributed by atoms with Crippen molar-refractivity contribution in [2.45, 2.75) is 6.67 Å². The quantitative estimate of drug-likeness (QED) is 0.401. The first-order valence-corrected chi connectivity index (χ1v) is 9.95. The number of aromatic nitrogens is 1. The first-order valence-electron chi connectivity index (χ1n) is 8.87. The maximum atomic E-state index is 13.0. The predicted molar refractivity (Wildman–Crippen MR) is 121 cm³/mol. The van der Waals surface area contributed by atoms with Crippen molar-refractivity contribution < 1.29 is 18.7 Å². The standard InChI is InChI=1S/C21H18FIN4O3/c1-24-20(28)19-11-17(8-9-25-19)30-16-5-2-14(3-6-16)26-21(29)27-15-4-7-18(23)13(10-15)12-22/h2-11H,12H2,1H3,(H,24,28)(H2,26,27,29). The van der Waals surface area contributed by atoms with Gasteiger partial charge in [0.2, 0.25) is 0 Å². The van der Waals surface area contributed by atoms with Crippen molar-refractivity contribution in [3.05, 3.63) is 75.6 Å². The molecule has 30 heavy (non-hydrogen) atoms. The monoisotopic (exact) mass is 520 g/mol. The summed E-state index contributed by atoms with van der Waals surface area (Å²) in [6, 6.07) is 14.5. The molecular formula is C21H18FIN4O3. The number of pyridine rings is 1. The Morgan fingerprint density at radius 2 is 1.70 bits per heavy atom. The summed E-state index contributed by atoms with van der Waals surface area (Å²) in [4.78, 5) is 27.8. The molecule has 0 aliphatic carbocycles. The molecule has 0 spiro atoms. The van der Waals surface area contributed by atoms with E-state index >= 15 is 0 Å². The van der Waals surface area contributed by atoms with E-state index < -0.39 is 12.7 Å². The van der Waals surface area contributed by atoms with Crippen LogP contribution in [0.25, 0.3) is 0 Å². The van der Waals surface area contributed by atoms with Crippen LogP contribution in [-0.2, 0) is 6.67 Å². The van der Waals surface area contributed by atoms with Gasteiger partial charge in [0.1, 0.15) is 23.9 Å². The Bertz CT molecular complexity index is 1060. The number of carbonyl (C=O) groups is 2. The summed E-state index contributed by atoms with van der Waals surface area (Å²) >= 11 is 2.04. The third kappa shape index (κ3) is 5.66. The Kier molecular flexibility index (Phi) is 7.17. The molecule has 0 fully saturated rings. The molecule has 0 bridgehead atoms. The number of urea groups is 1. The van der Waals surface area contributed by atoms with Gasteiger partial charge in [0.05, 0.1) is 0 Å². The van der Waals surface area contributed by atoms with Crippen molar-refractivity contribution in [2.75, 3.05) is 17.7 Å². The van der Waals surface area contributed by atoms with Gasteiger partial charge in [0.25, 0.3) is 5.91 Å². The molecule has 7 nitrogen and oxygen atoms in total. The number of nitrogens with zero attached hydrogens (tertiary/aromatic N) is 1. The maximum absolute atomic E-state index is 13.0. The lowest BCUT2D eigenvalue weighted by Crippen LogP contribution is -2.19. The van der Waals surface area contributed by atoms with Crippen molar-refractivity contribution in [3.63, 3.8) is 0 Å². The normalized spacial score (nSPS) is 10.2. The van der Waals surface area contributed by atoms with Gasteiger partial charge in [-0.2, -0.15) is 0 Å². The van der Waals surface area contributed by atoms with Gasteiger partial charge >= 0.3 is 6.03 Å². The number of amides is 3. The van der Waals surface area contributed by atoms with Crippen LogP contribution in [0.1, 0.15) is 16.1 Å². The smallest absolute Gasteiger partial charge is 0.323 e. The summed E-state index contributed by atoms with van der Waals surface area (Å²) in [5.41, 5.74) is 1.82. The highest BCUT2D eigenvalue weighted by Gasteiger charge is 2.08. The number of hydrogen-bond acceptors (Lipinski definition) is 4. The summed E-state index contributed by atoms with van der Waals surface area (Å²) in [5, 5.41) is 7.88. The van der Waals surface area contributed by atoms with E-state index in [0.29, 0.717) is 28.4 Å². The number of ether oxygens (including phenoxy) is 1. The van der Waals surface area contributed by atoms with E-state index in [9.17, 15) is 14.0 Å². The molecule has 0 unspecified atom stereocenters. The number of hydrogen-bond donors (Lipinski definition) is 3. The minimum Gasteiger partial charge on any atom is -0.457 e. The molecule has 0 atom stereocenters. The van der Waals surface area contributed by atoms with E-state index in [2.05, 4.69) is 20.9 Å². The first kappa shape index (κ1) is 21.5. The van der Waals surface area contributed by atoms with Gasteiger partial charge in [-0.05, 0) is 76.7 Å². The highest BCUT2D eigenvalue weighted by molar-refractivity contribution is 14.1. The molecule has 3 rings (SSSR count). The Morgan fingerprint density at radius 3 is 2.40 bits per heavy atom. The van der Waals surface area contributed by atoms with Gasteiger partial charge in [-0.15, -0.1) is 0 Å². The minimum absolute atomic E-state index is 0.247. The van der Waals surface area contributed by atoms with E-state index in [-0.39, 0.29) is 11.6 Å². The molecule has 0 aliphatic rings. The molecule has 3 amide bonds. The fraction of sp³-hybridized carbons (Fsp3) is 0.0952. The highest BCUT2D eigenvalue weighted by atomic mass is 127. The number of alkyl halides is 1. The van der Waals surface area contributed by atoms with Crippen LogP contribution in [0.15, 0.2) is 60.8 Å². The molecule has 9 heteroatoms. The molecular weight excluding hydrogens is 502 g/mol. The van der Waals surface area contributed by atoms with E-state index in [1.165, 1.54) is 19.3 Å². The summed E-state index contributed by atoms with van der Waals surface area (Å²) < 4.78 is 19.5. The molecule has 0 saturated carbocycles. The van der Waals surface area contributed by atoms with E-state index in [0.717, 1.165) is 3.57 Å². The zero-order chi connectivity index (χ0) is 21.5. The zero-order valence-electron chi connectivity index (χ0n) is 15.9. The largest absolute Gasteiger partial charge is 0.457 e. The lowest BCUT2D eigenvalue weighted by atomic mass is 10.2. The number of rotatable bonds is 6. The fourth-order valence-corrected chi connectivity index (χ4v) is 3.00. The van der Waals surface area contributed by atoms with Gasteiger partial charge in [-0.1, -0.05) is 0 Å². The van der Waals surface area contributed by atoms with E-state index in [1.54, 1.807) is 48.5 Å². The third-order valence-corrected chi connectivity index (χ3v) is 5.04. The fourth-order valence-electron chi connectivity index (χ4n) is 2.52. The summed E-state index contributed by atoms with van der Waals surface area (Å²) in [6.45, 7) is -0.598. The Morgan fingerprint density at radius 1 is 1.00 bits per heavy atom. The van der Waals surface area contributed by atoms with Crippen molar-refractivity contribution in [1.82, 2.24) is 10.3 Å². The molecule has 0 aliphatic heterocycles. The van der Waals surface area contributed by atoms with Crippen molar-refractivity contribution in [2.24, 2.45) is 0 Å². The number of anilines is 2. The van der Waals surface area contributed by atoms with Crippen LogP contribution >= 0.6 is 22.6 Å². The Labute approximate surface area is 186 Å². The van der Waals surface area contributed by atoms with Crippen LogP contribution in [0, 0.1) is 3.57 Å². The highest BCUT2D eigenvalue weighted by Crippen LogP contribution is 2.24. The predicted octanol–water partition coefficient (Wildman–Crippen LogP) is 4.95. The van der Waals surface area contributed by atoms with Gasteiger partial charge < -0.3 is 20.7 Å². The van der Waals surface area contributed by atoms with Crippen LogP contribution in [0.4, 0.5) is 20.6 Å². The number of nitrogens with one attached hydrogen (secondary N) is 3. The summed E-state index contributed by atoms with van der Waals surface area (Å²) in [7, 11) is 1.53. The second kappa shape index (κ2) is 10.0. The second-order valence-electron chi connectivity index (χ2n) is 6.10. The van der Waals surface area contributed by atoms with Crippen LogP contribution in [0.3, 0.4) is 0 Å². The van der Waals surface area contributed by atoms with Gasteiger partial charge in [0, 0.05) is 34.3 Å². The van der Waals surface area contributed by atoms with Crippen LogP contribution in [0.2, 0.25) is 0 Å². The van der Waals surface area contributed by atoms with E-state index in [4.69, 9.17) is 4.74 Å². The van der Waals surface area contributed by atoms with Crippen molar-refractivity contribution in [1.29, 1.82) is 0 Å². The van der Waals surface area contributed by atoms with Crippen LogP contribution < -0.4 is 20.7 Å². The molecule has 3 N–H and O–H groups in total. The SMILES string of the molecule is CNC(=O)c1cc(Oc2ccc(NC(=O)Nc3ccc(I)c(CF)c3)cc2)ccn1. The number of carbonyl (C=O) groups excluding carboxylic acids is 2. The molecule has 0 saturated heterocycles. The van der Waals surface area contributed by atoms with Crippen molar-refractivity contribution in [3.8, 4) is 11.5 Å². The molecule has 1 aromatic heterocycles. The topological polar surface area (TPSA) is 92.4 Å². The number of benzene rings is 2. The molecule has 154 valence electrons. The Balaban J connectivity index is 1.60. The second-order valence-corrected chi connectivity index (χ2v) is 7.26. The lowest BCUT2D eigenvalue weighted by Gasteiger charge is -2.10. The minimum atomic E-state index is -0.598. The van der Waals surface area contributed by atoms with E-state index in [1.807, 2.05) is 22.6 Å². The van der Waals surface area contributed by atoms with Gasteiger partial charge in [-0.3, -0.25) is 9.78 Å². The first-order chi connectivity index (χ1) is 14.5. The van der Waals surface area contributed by atoms with Crippen LogP contribution in [-0.4, -0.2) is 24.0 Å². The third-order valence-electron chi connectivity index (χ3n) is 3.99. The molecule has 3 aromatic rings. The summed E-state index contributed by atoms with van der Waals surface area (Å²) in [5.74, 6) is 0.683. The van der Waals surface area contributed by atoms with Crippen molar-refractivity contribution >= 4 is 45.9 Å². The average molecular weight is 520 g/mol. The van der Waals surface area contributed by atoms with Gasteiger partial charge in [0.15, 0.2) is 0 Å². The van der Waals surface area contributed by atoms with Gasteiger partial charge in [-0.25, -0.2) is 9.18 Å². The molecule has 2 aromatic carbocycles. The lowest BCUT2D eigenvalue weighted by molar-refractivity contribution is 0.0958. The Hall–Kier alpha value is -3.21.